The van der Waals surface area contributed by atoms with Crippen molar-refractivity contribution < 1.29 is 19.4 Å². The summed E-state index contributed by atoms with van der Waals surface area (Å²) in [5, 5.41) is 9.60. The van der Waals surface area contributed by atoms with Crippen LogP contribution >= 0.6 is 0 Å². The normalized spacial score (nSPS) is 13.5. The van der Waals surface area contributed by atoms with Crippen LogP contribution in [0.3, 0.4) is 0 Å². The Hall–Kier alpha value is -2.04. The van der Waals surface area contributed by atoms with E-state index in [4.69, 9.17) is 4.74 Å². The van der Waals surface area contributed by atoms with Gasteiger partial charge in [0.15, 0.2) is 5.54 Å². The second kappa shape index (κ2) is 5.73. The Morgan fingerprint density at radius 1 is 1.32 bits per heavy atom. The number of carboxylic acids is 1. The van der Waals surface area contributed by atoms with E-state index in [1.165, 1.54) is 18.9 Å². The summed E-state index contributed by atoms with van der Waals surface area (Å²) in [6.45, 7) is 3.11. The molecule has 1 N–H and O–H groups in total. The third-order valence-electron chi connectivity index (χ3n) is 3.48. The first-order valence-corrected chi connectivity index (χ1v) is 6.02. The predicted octanol–water partition coefficient (Wildman–Crippen LogP) is 1.86. The van der Waals surface area contributed by atoms with Crippen LogP contribution in [0.15, 0.2) is 24.3 Å². The highest BCUT2D eigenvalue weighted by Crippen LogP contribution is 2.32. The zero-order valence-electron chi connectivity index (χ0n) is 11.6. The van der Waals surface area contributed by atoms with Crippen LogP contribution in [0.5, 0.6) is 5.75 Å². The van der Waals surface area contributed by atoms with Crippen LogP contribution in [-0.4, -0.2) is 36.0 Å². The van der Waals surface area contributed by atoms with Gasteiger partial charge in [0.25, 0.3) is 0 Å². The number of carbonyl (C=O) groups is 2. The molecule has 0 spiro atoms. The van der Waals surface area contributed by atoms with Crippen LogP contribution in [0.25, 0.3) is 0 Å². The minimum absolute atomic E-state index is 0.282. The van der Waals surface area contributed by atoms with Gasteiger partial charge in [-0.15, -0.1) is 0 Å². The maximum atomic E-state index is 11.7. The van der Waals surface area contributed by atoms with Crippen molar-refractivity contribution >= 4 is 11.9 Å². The third kappa shape index (κ3) is 2.54. The zero-order valence-corrected chi connectivity index (χ0v) is 11.6. The van der Waals surface area contributed by atoms with E-state index in [1.54, 1.807) is 38.3 Å². The van der Waals surface area contributed by atoms with Gasteiger partial charge in [0.1, 0.15) is 5.75 Å². The zero-order chi connectivity index (χ0) is 14.6. The fourth-order valence-corrected chi connectivity index (χ4v) is 2.19. The molecule has 0 bridgehead atoms. The summed E-state index contributed by atoms with van der Waals surface area (Å²) in [5.74, 6) is -0.692. The van der Waals surface area contributed by atoms with E-state index >= 15 is 0 Å². The molecule has 0 aliphatic carbocycles. The lowest BCUT2D eigenvalue weighted by atomic mass is 9.85. The second-order valence-corrected chi connectivity index (χ2v) is 4.33. The number of rotatable bonds is 5. The minimum atomic E-state index is -1.35. The number of ether oxygens (including phenoxy) is 1. The van der Waals surface area contributed by atoms with Crippen molar-refractivity contribution in [1.82, 2.24) is 4.90 Å². The maximum Gasteiger partial charge on any atom is 0.334 e. The fourth-order valence-electron chi connectivity index (χ4n) is 2.19. The molecule has 1 aromatic carbocycles. The number of benzene rings is 1. The molecule has 0 saturated heterocycles. The summed E-state index contributed by atoms with van der Waals surface area (Å²) in [6, 6.07) is 6.74. The summed E-state index contributed by atoms with van der Waals surface area (Å²) < 4.78 is 5.06. The van der Waals surface area contributed by atoms with Crippen molar-refractivity contribution in [3.05, 3.63) is 29.8 Å². The SMILES string of the molecule is CCC(C(=O)O)(c1ccc(OC)cc1)N(C)C(C)=O. The number of methoxy groups -OCH3 is 1. The van der Waals surface area contributed by atoms with Crippen LogP contribution in [0.2, 0.25) is 0 Å². The predicted molar refractivity (Wildman–Crippen MR) is 71.0 cm³/mol. The number of carbonyl (C=O) groups excluding carboxylic acids is 1. The van der Waals surface area contributed by atoms with Gasteiger partial charge in [0.05, 0.1) is 7.11 Å². The van der Waals surface area contributed by atoms with Gasteiger partial charge in [0.2, 0.25) is 5.91 Å². The molecule has 0 radical (unpaired) electrons. The molecular weight excluding hydrogens is 246 g/mol. The van der Waals surface area contributed by atoms with Gasteiger partial charge in [-0.2, -0.15) is 0 Å². The molecule has 1 aromatic rings. The quantitative estimate of drug-likeness (QED) is 0.882. The molecule has 1 atom stereocenters. The molecule has 0 aliphatic heterocycles. The Morgan fingerprint density at radius 2 is 1.84 bits per heavy atom. The van der Waals surface area contributed by atoms with E-state index in [2.05, 4.69) is 0 Å². The van der Waals surface area contributed by atoms with Crippen molar-refractivity contribution in [2.45, 2.75) is 25.8 Å². The van der Waals surface area contributed by atoms with Gasteiger partial charge in [-0.1, -0.05) is 19.1 Å². The first-order valence-electron chi connectivity index (χ1n) is 6.02. The molecule has 19 heavy (non-hydrogen) atoms. The van der Waals surface area contributed by atoms with Crippen molar-refractivity contribution in [3.63, 3.8) is 0 Å². The van der Waals surface area contributed by atoms with E-state index in [9.17, 15) is 14.7 Å². The molecule has 5 heteroatoms. The summed E-state index contributed by atoms with van der Waals surface area (Å²) >= 11 is 0. The molecule has 1 amide bonds. The highest BCUT2D eigenvalue weighted by atomic mass is 16.5. The van der Waals surface area contributed by atoms with E-state index in [0.717, 1.165) is 0 Å². The van der Waals surface area contributed by atoms with Crippen LogP contribution in [0.4, 0.5) is 0 Å². The highest BCUT2D eigenvalue weighted by Gasteiger charge is 2.44. The molecule has 0 saturated carbocycles. The highest BCUT2D eigenvalue weighted by molar-refractivity contribution is 5.87. The van der Waals surface area contributed by atoms with Crippen LogP contribution in [-0.2, 0) is 15.1 Å². The van der Waals surface area contributed by atoms with Crippen LogP contribution < -0.4 is 4.74 Å². The minimum Gasteiger partial charge on any atom is -0.497 e. The number of likely N-dealkylation sites (N-methyl/N-ethyl adjacent to an activating group) is 1. The molecule has 0 aromatic heterocycles. The monoisotopic (exact) mass is 265 g/mol. The van der Waals surface area contributed by atoms with E-state index < -0.39 is 11.5 Å². The molecular formula is C14H19NO4. The van der Waals surface area contributed by atoms with Crippen LogP contribution in [0.1, 0.15) is 25.8 Å². The lowest BCUT2D eigenvalue weighted by Crippen LogP contribution is -2.51. The van der Waals surface area contributed by atoms with Gasteiger partial charge < -0.3 is 14.7 Å². The van der Waals surface area contributed by atoms with E-state index in [-0.39, 0.29) is 12.3 Å². The topological polar surface area (TPSA) is 66.8 Å². The van der Waals surface area contributed by atoms with Gasteiger partial charge in [-0.3, -0.25) is 4.79 Å². The second-order valence-electron chi connectivity index (χ2n) is 4.33. The van der Waals surface area contributed by atoms with E-state index in [0.29, 0.717) is 11.3 Å². The fraction of sp³-hybridized carbons (Fsp3) is 0.429. The van der Waals surface area contributed by atoms with Crippen LogP contribution in [0, 0.1) is 0 Å². The summed E-state index contributed by atoms with van der Waals surface area (Å²) in [6.07, 6.45) is 0.282. The first kappa shape index (κ1) is 15.0. The van der Waals surface area contributed by atoms with Crippen molar-refractivity contribution in [2.75, 3.05) is 14.2 Å². The Kier molecular flexibility index (Phi) is 4.53. The van der Waals surface area contributed by atoms with E-state index in [1.807, 2.05) is 0 Å². The molecule has 104 valence electrons. The summed E-state index contributed by atoms with van der Waals surface area (Å²) in [7, 11) is 3.05. The first-order chi connectivity index (χ1) is 8.90. The smallest absolute Gasteiger partial charge is 0.334 e. The molecule has 0 aliphatic rings. The molecule has 5 nitrogen and oxygen atoms in total. The standard InChI is InChI=1S/C14H19NO4/c1-5-14(13(17)18,15(3)10(2)16)11-6-8-12(19-4)9-7-11/h6-9H,5H2,1-4H3,(H,17,18). The number of aliphatic carboxylic acids is 1. The Balaban J connectivity index is 3.37. The average molecular weight is 265 g/mol. The van der Waals surface area contributed by atoms with Gasteiger partial charge in [-0.25, -0.2) is 4.79 Å². The molecule has 1 unspecified atom stereocenters. The summed E-state index contributed by atoms with van der Waals surface area (Å²) in [5.41, 5.74) is -0.793. The Bertz CT molecular complexity index is 469. The maximum absolute atomic E-state index is 11.7. The number of hydrogen-bond donors (Lipinski definition) is 1. The summed E-state index contributed by atoms with van der Waals surface area (Å²) in [4.78, 5) is 24.6. The van der Waals surface area contributed by atoms with Gasteiger partial charge in [-0.05, 0) is 24.1 Å². The molecule has 0 fully saturated rings. The van der Waals surface area contributed by atoms with Gasteiger partial charge >= 0.3 is 5.97 Å². The Morgan fingerprint density at radius 3 is 2.16 bits per heavy atom. The van der Waals surface area contributed by atoms with Crippen molar-refractivity contribution in [1.29, 1.82) is 0 Å². The Labute approximate surface area is 112 Å². The number of nitrogens with zero attached hydrogens (tertiary/aromatic N) is 1. The number of amides is 1. The number of hydrogen-bond acceptors (Lipinski definition) is 3. The average Bonchev–Trinajstić information content (AvgIpc) is 2.40. The lowest BCUT2D eigenvalue weighted by molar-refractivity contribution is -0.158. The molecule has 1 rings (SSSR count). The van der Waals surface area contributed by atoms with Crippen molar-refractivity contribution in [3.8, 4) is 5.75 Å². The molecule has 0 heterocycles. The third-order valence-corrected chi connectivity index (χ3v) is 3.48. The van der Waals surface area contributed by atoms with Gasteiger partial charge in [0, 0.05) is 14.0 Å². The number of carboxylic acid groups (broad SMARTS) is 1. The lowest BCUT2D eigenvalue weighted by Gasteiger charge is -2.37. The van der Waals surface area contributed by atoms with Crippen molar-refractivity contribution in [2.24, 2.45) is 0 Å². The largest absolute Gasteiger partial charge is 0.497 e.